The Morgan fingerprint density at radius 2 is 2.00 bits per heavy atom. The Balaban J connectivity index is 2.35. The van der Waals surface area contributed by atoms with Gasteiger partial charge >= 0.3 is 0 Å². The molecule has 4 nitrogen and oxygen atoms in total. The van der Waals surface area contributed by atoms with E-state index in [-0.39, 0.29) is 10.8 Å². The van der Waals surface area contributed by atoms with E-state index in [1.54, 1.807) is 0 Å². The monoisotopic (exact) mass is 288 g/mol. The first-order chi connectivity index (χ1) is 8.95. The molecule has 1 heterocycles. The van der Waals surface area contributed by atoms with Gasteiger partial charge in [0.1, 0.15) is 0 Å². The largest absolute Gasteiger partial charge is 0.329 e. The summed E-state index contributed by atoms with van der Waals surface area (Å²) in [4.78, 5) is 2.47. The van der Waals surface area contributed by atoms with Crippen LogP contribution in [0.25, 0.3) is 0 Å². The van der Waals surface area contributed by atoms with Crippen molar-refractivity contribution in [2.24, 2.45) is 5.73 Å². The zero-order valence-corrected chi connectivity index (χ0v) is 13.1. The third-order valence-electron chi connectivity index (χ3n) is 5.22. The van der Waals surface area contributed by atoms with Crippen LogP contribution in [0.1, 0.15) is 51.9 Å². The summed E-state index contributed by atoms with van der Waals surface area (Å²) < 4.78 is 24.3. The molecule has 1 aliphatic heterocycles. The summed E-state index contributed by atoms with van der Waals surface area (Å²) in [6, 6.07) is 0.514. The van der Waals surface area contributed by atoms with Crippen LogP contribution in [-0.2, 0) is 9.84 Å². The topological polar surface area (TPSA) is 63.4 Å². The second-order valence-corrected chi connectivity index (χ2v) is 8.50. The van der Waals surface area contributed by atoms with Gasteiger partial charge < -0.3 is 5.73 Å². The number of piperidine rings is 1. The maximum atomic E-state index is 12.2. The molecule has 3 unspecified atom stereocenters. The third-order valence-corrected chi connectivity index (χ3v) is 6.92. The molecule has 112 valence electrons. The lowest BCUT2D eigenvalue weighted by atomic mass is 9.87. The number of nitrogens with zero attached hydrogens (tertiary/aromatic N) is 1. The van der Waals surface area contributed by atoms with Gasteiger partial charge in [-0.2, -0.15) is 0 Å². The maximum Gasteiger partial charge on any atom is 0.152 e. The van der Waals surface area contributed by atoms with Gasteiger partial charge in [-0.3, -0.25) is 4.90 Å². The molecule has 19 heavy (non-hydrogen) atoms. The van der Waals surface area contributed by atoms with Crippen LogP contribution in [0.3, 0.4) is 0 Å². The van der Waals surface area contributed by atoms with Crippen LogP contribution in [0, 0.1) is 0 Å². The molecule has 1 saturated carbocycles. The number of hydrogen-bond acceptors (Lipinski definition) is 4. The maximum absolute atomic E-state index is 12.2. The average Bonchev–Trinajstić information content (AvgIpc) is 2.83. The molecule has 0 aromatic rings. The van der Waals surface area contributed by atoms with Crippen LogP contribution in [0.15, 0.2) is 0 Å². The second kappa shape index (κ2) is 5.70. The summed E-state index contributed by atoms with van der Waals surface area (Å²) in [5, 5.41) is -0.267. The van der Waals surface area contributed by atoms with Crippen molar-refractivity contribution < 1.29 is 8.42 Å². The lowest BCUT2D eigenvalue weighted by Gasteiger charge is -2.50. The summed E-state index contributed by atoms with van der Waals surface area (Å²) in [6.07, 6.45) is 8.82. The first-order valence-corrected chi connectivity index (χ1v) is 9.57. The Labute approximate surface area is 117 Å². The Bertz CT molecular complexity index is 410. The van der Waals surface area contributed by atoms with Crippen molar-refractivity contribution in [1.82, 2.24) is 4.90 Å². The van der Waals surface area contributed by atoms with E-state index in [0.29, 0.717) is 12.6 Å². The molecule has 0 amide bonds. The quantitative estimate of drug-likeness (QED) is 0.852. The van der Waals surface area contributed by atoms with E-state index in [2.05, 4.69) is 11.8 Å². The molecule has 1 aliphatic carbocycles. The van der Waals surface area contributed by atoms with E-state index in [0.717, 1.165) is 32.2 Å². The fraction of sp³-hybridized carbons (Fsp3) is 1.00. The molecular weight excluding hydrogens is 260 g/mol. The van der Waals surface area contributed by atoms with Crippen molar-refractivity contribution in [1.29, 1.82) is 0 Å². The van der Waals surface area contributed by atoms with Crippen LogP contribution in [-0.4, -0.2) is 49.5 Å². The highest BCUT2D eigenvalue weighted by atomic mass is 32.2. The lowest BCUT2D eigenvalue weighted by Crippen LogP contribution is -2.64. The zero-order valence-electron chi connectivity index (χ0n) is 12.3. The Kier molecular flexibility index (Phi) is 4.58. The molecule has 0 radical (unpaired) electrons. The first-order valence-electron chi connectivity index (χ1n) is 7.61. The number of sulfone groups is 1. The summed E-state index contributed by atoms with van der Waals surface area (Å²) in [7, 11) is -3.02. The van der Waals surface area contributed by atoms with Gasteiger partial charge in [-0.1, -0.05) is 19.8 Å². The first kappa shape index (κ1) is 15.3. The highest BCUT2D eigenvalue weighted by Crippen LogP contribution is 2.42. The second-order valence-electron chi connectivity index (χ2n) is 6.27. The van der Waals surface area contributed by atoms with Gasteiger partial charge in [-0.25, -0.2) is 8.42 Å². The Hall–Kier alpha value is -0.130. The van der Waals surface area contributed by atoms with Crippen LogP contribution >= 0.6 is 0 Å². The fourth-order valence-corrected chi connectivity index (χ4v) is 6.07. The molecule has 2 fully saturated rings. The molecule has 0 aromatic carbocycles. The van der Waals surface area contributed by atoms with Crippen molar-refractivity contribution in [3.8, 4) is 0 Å². The number of likely N-dealkylation sites (tertiary alicyclic amines) is 1. The molecule has 0 aromatic heterocycles. The predicted molar refractivity (Wildman–Crippen MR) is 78.9 cm³/mol. The average molecular weight is 288 g/mol. The van der Waals surface area contributed by atoms with Crippen LogP contribution in [0.2, 0.25) is 0 Å². The van der Waals surface area contributed by atoms with Crippen molar-refractivity contribution in [2.45, 2.75) is 68.7 Å². The normalized spacial score (nSPS) is 37.6. The molecule has 1 saturated heterocycles. The third kappa shape index (κ3) is 2.69. The fourth-order valence-electron chi connectivity index (χ4n) is 4.33. The lowest BCUT2D eigenvalue weighted by molar-refractivity contribution is 0.0259. The van der Waals surface area contributed by atoms with E-state index in [1.165, 1.54) is 25.5 Å². The minimum atomic E-state index is -3.02. The van der Waals surface area contributed by atoms with E-state index in [4.69, 9.17) is 5.73 Å². The number of hydrogen-bond donors (Lipinski definition) is 1. The van der Waals surface area contributed by atoms with E-state index in [1.807, 2.05) is 0 Å². The van der Waals surface area contributed by atoms with Crippen molar-refractivity contribution >= 4 is 9.84 Å². The molecule has 2 aliphatic rings. The van der Waals surface area contributed by atoms with Gasteiger partial charge in [-0.15, -0.1) is 0 Å². The summed E-state index contributed by atoms with van der Waals surface area (Å²) in [5.41, 5.74) is 5.80. The van der Waals surface area contributed by atoms with Crippen molar-refractivity contribution in [3.63, 3.8) is 0 Å². The van der Waals surface area contributed by atoms with Crippen molar-refractivity contribution in [3.05, 3.63) is 0 Å². The van der Waals surface area contributed by atoms with Gasteiger partial charge in [-0.05, 0) is 38.6 Å². The molecule has 0 bridgehead atoms. The highest BCUT2D eigenvalue weighted by molar-refractivity contribution is 7.91. The number of nitrogens with two attached hydrogens (primary N) is 1. The van der Waals surface area contributed by atoms with Gasteiger partial charge in [0.25, 0.3) is 0 Å². The summed E-state index contributed by atoms with van der Waals surface area (Å²) in [6.45, 7) is 3.70. The van der Waals surface area contributed by atoms with Crippen molar-refractivity contribution in [2.75, 3.05) is 19.3 Å². The highest BCUT2D eigenvalue weighted by Gasteiger charge is 2.52. The van der Waals surface area contributed by atoms with Gasteiger partial charge in [0.05, 0.1) is 10.8 Å². The zero-order chi connectivity index (χ0) is 14.1. The Morgan fingerprint density at radius 3 is 2.58 bits per heavy atom. The van der Waals surface area contributed by atoms with Crippen LogP contribution in [0.5, 0.6) is 0 Å². The smallest absolute Gasteiger partial charge is 0.152 e. The molecule has 0 spiro atoms. The minimum Gasteiger partial charge on any atom is -0.329 e. The van der Waals surface area contributed by atoms with E-state index in [9.17, 15) is 8.42 Å². The SMILES string of the molecule is CCC1CCCCN1C1(CN)CCCC1S(C)(=O)=O. The standard InChI is InChI=1S/C14H28N2O2S/c1-3-12-7-4-5-10-16(12)14(11-15)9-6-8-13(14)19(2,17)18/h12-13H,3-11,15H2,1-2H3. The van der Waals surface area contributed by atoms with Crippen LogP contribution in [0.4, 0.5) is 0 Å². The molecule has 2 N–H and O–H groups in total. The summed E-state index contributed by atoms with van der Waals surface area (Å²) in [5.74, 6) is 0. The van der Waals surface area contributed by atoms with Gasteiger partial charge in [0.2, 0.25) is 0 Å². The van der Waals surface area contributed by atoms with E-state index >= 15 is 0 Å². The Morgan fingerprint density at radius 1 is 1.26 bits per heavy atom. The molecule has 3 atom stereocenters. The van der Waals surface area contributed by atoms with Gasteiger partial charge in [0, 0.05) is 18.8 Å². The summed E-state index contributed by atoms with van der Waals surface area (Å²) >= 11 is 0. The minimum absolute atomic E-state index is 0.267. The van der Waals surface area contributed by atoms with Crippen LogP contribution < -0.4 is 5.73 Å². The predicted octanol–water partition coefficient (Wildman–Crippen LogP) is 1.55. The van der Waals surface area contributed by atoms with Gasteiger partial charge in [0.15, 0.2) is 9.84 Å². The number of rotatable bonds is 4. The van der Waals surface area contributed by atoms with E-state index < -0.39 is 9.84 Å². The molecular formula is C14H28N2O2S. The molecule has 5 heteroatoms. The molecule has 2 rings (SSSR count).